The first-order valence-corrected chi connectivity index (χ1v) is 7.88. The fourth-order valence-corrected chi connectivity index (χ4v) is 2.38. The molecular weight excluding hydrogens is 320 g/mol. The van der Waals surface area contributed by atoms with Crippen molar-refractivity contribution >= 4 is 23.1 Å². The maximum absolute atomic E-state index is 11.8. The van der Waals surface area contributed by atoms with E-state index in [-0.39, 0.29) is 12.4 Å². The molecule has 128 valence electrons. The number of imidazole rings is 1. The van der Waals surface area contributed by atoms with Gasteiger partial charge in [0.25, 0.3) is 0 Å². The summed E-state index contributed by atoms with van der Waals surface area (Å²) in [4.78, 5) is 16.3. The van der Waals surface area contributed by atoms with Crippen LogP contribution >= 0.6 is 0 Å². The number of aromatic nitrogens is 2. The number of pyridine rings is 1. The molecule has 1 aromatic carbocycles. The average molecular weight is 338 g/mol. The third kappa shape index (κ3) is 3.82. The maximum atomic E-state index is 11.8. The Balaban J connectivity index is 1.97. The van der Waals surface area contributed by atoms with Gasteiger partial charge in [-0.05, 0) is 31.2 Å². The van der Waals surface area contributed by atoms with Crippen molar-refractivity contribution in [3.63, 3.8) is 0 Å². The number of fused-ring (bicyclic) bond motifs is 1. The van der Waals surface area contributed by atoms with Crippen molar-refractivity contribution in [1.82, 2.24) is 9.38 Å². The van der Waals surface area contributed by atoms with Crippen molar-refractivity contribution in [2.24, 2.45) is 10.2 Å². The molecule has 0 unspecified atom stereocenters. The van der Waals surface area contributed by atoms with Gasteiger partial charge in [-0.1, -0.05) is 12.1 Å². The summed E-state index contributed by atoms with van der Waals surface area (Å²) in [5.41, 5.74) is 1.87. The molecule has 0 amide bonds. The van der Waals surface area contributed by atoms with Gasteiger partial charge in [-0.25, -0.2) is 4.98 Å². The second-order valence-electron chi connectivity index (χ2n) is 5.19. The zero-order valence-corrected chi connectivity index (χ0v) is 14.0. The summed E-state index contributed by atoms with van der Waals surface area (Å²) >= 11 is 0. The Labute approximate surface area is 144 Å². The maximum Gasteiger partial charge on any atom is 0.312 e. The van der Waals surface area contributed by atoms with Crippen LogP contribution in [0.15, 0.2) is 58.9 Å². The predicted octanol–water partition coefficient (Wildman–Crippen LogP) is 3.86. The molecule has 2 aromatic heterocycles. The standard InChI is InChI=1S/C18H18N4O3/c1-3-25-17(23)12-15-18(22-10-5-4-9-16(22)19-15)21-20-13-7-6-8-14(11-13)24-2/h4-11H,3,12H2,1-2H3. The third-order valence-corrected chi connectivity index (χ3v) is 3.50. The number of nitrogens with zero attached hydrogens (tertiary/aromatic N) is 4. The zero-order chi connectivity index (χ0) is 17.6. The summed E-state index contributed by atoms with van der Waals surface area (Å²) in [7, 11) is 1.60. The first kappa shape index (κ1) is 16.6. The van der Waals surface area contributed by atoms with Gasteiger partial charge in [-0.15, -0.1) is 10.2 Å². The van der Waals surface area contributed by atoms with Crippen LogP contribution in [0.3, 0.4) is 0 Å². The van der Waals surface area contributed by atoms with Gasteiger partial charge in [0, 0.05) is 12.3 Å². The van der Waals surface area contributed by atoms with Gasteiger partial charge >= 0.3 is 5.97 Å². The van der Waals surface area contributed by atoms with E-state index in [0.717, 1.165) is 0 Å². The normalized spacial score (nSPS) is 11.1. The van der Waals surface area contributed by atoms with E-state index in [0.29, 0.717) is 35.2 Å². The molecular formula is C18H18N4O3. The van der Waals surface area contributed by atoms with E-state index in [4.69, 9.17) is 9.47 Å². The molecule has 7 heteroatoms. The van der Waals surface area contributed by atoms with E-state index in [1.54, 1.807) is 24.5 Å². The minimum Gasteiger partial charge on any atom is -0.497 e. The number of ether oxygens (including phenoxy) is 2. The summed E-state index contributed by atoms with van der Waals surface area (Å²) in [6, 6.07) is 12.9. The Hall–Kier alpha value is -3.22. The molecule has 2 heterocycles. The second kappa shape index (κ2) is 7.57. The molecule has 25 heavy (non-hydrogen) atoms. The smallest absolute Gasteiger partial charge is 0.312 e. The Kier molecular flexibility index (Phi) is 5.03. The van der Waals surface area contributed by atoms with Crippen molar-refractivity contribution in [3.8, 4) is 5.75 Å². The third-order valence-electron chi connectivity index (χ3n) is 3.50. The lowest BCUT2D eigenvalue weighted by Gasteiger charge is -2.01. The Morgan fingerprint density at radius 1 is 1.20 bits per heavy atom. The Morgan fingerprint density at radius 3 is 2.88 bits per heavy atom. The summed E-state index contributed by atoms with van der Waals surface area (Å²) in [6.07, 6.45) is 1.87. The zero-order valence-electron chi connectivity index (χ0n) is 14.0. The van der Waals surface area contributed by atoms with Gasteiger partial charge in [0.2, 0.25) is 0 Å². The molecule has 0 spiro atoms. The van der Waals surface area contributed by atoms with Crippen LogP contribution in [-0.2, 0) is 16.0 Å². The van der Waals surface area contributed by atoms with Crippen molar-refractivity contribution in [1.29, 1.82) is 0 Å². The molecule has 0 bridgehead atoms. The highest BCUT2D eigenvalue weighted by Gasteiger charge is 2.16. The number of hydrogen-bond acceptors (Lipinski definition) is 6. The van der Waals surface area contributed by atoms with E-state index >= 15 is 0 Å². The molecule has 7 nitrogen and oxygen atoms in total. The van der Waals surface area contributed by atoms with Gasteiger partial charge < -0.3 is 9.47 Å². The molecule has 3 rings (SSSR count). The highest BCUT2D eigenvalue weighted by molar-refractivity contribution is 5.74. The van der Waals surface area contributed by atoms with E-state index in [1.165, 1.54) is 0 Å². The fraction of sp³-hybridized carbons (Fsp3) is 0.222. The van der Waals surface area contributed by atoms with Crippen molar-refractivity contribution < 1.29 is 14.3 Å². The summed E-state index contributed by atoms with van der Waals surface area (Å²) in [5, 5.41) is 8.57. The topological polar surface area (TPSA) is 77.5 Å². The first-order valence-electron chi connectivity index (χ1n) is 7.88. The van der Waals surface area contributed by atoms with E-state index in [9.17, 15) is 4.79 Å². The Bertz CT molecular complexity index is 918. The quantitative estimate of drug-likeness (QED) is 0.505. The van der Waals surface area contributed by atoms with Crippen LogP contribution in [0.1, 0.15) is 12.6 Å². The van der Waals surface area contributed by atoms with Crippen LogP contribution in [0.2, 0.25) is 0 Å². The van der Waals surface area contributed by atoms with Crippen LogP contribution in [0.4, 0.5) is 11.5 Å². The number of azo groups is 1. The lowest BCUT2D eigenvalue weighted by molar-refractivity contribution is -0.142. The number of benzene rings is 1. The molecule has 0 radical (unpaired) electrons. The van der Waals surface area contributed by atoms with E-state index in [1.807, 2.05) is 42.6 Å². The Morgan fingerprint density at radius 2 is 2.08 bits per heavy atom. The van der Waals surface area contributed by atoms with Crippen molar-refractivity contribution in [2.75, 3.05) is 13.7 Å². The van der Waals surface area contributed by atoms with Crippen LogP contribution in [-0.4, -0.2) is 29.1 Å². The summed E-state index contributed by atoms with van der Waals surface area (Å²) in [5.74, 6) is 0.858. The SMILES string of the molecule is CCOC(=O)Cc1nc2ccccn2c1N=Nc1cccc(OC)c1. The molecule has 0 atom stereocenters. The van der Waals surface area contributed by atoms with Crippen molar-refractivity contribution in [2.45, 2.75) is 13.3 Å². The van der Waals surface area contributed by atoms with Crippen LogP contribution in [0, 0.1) is 0 Å². The monoisotopic (exact) mass is 338 g/mol. The highest BCUT2D eigenvalue weighted by atomic mass is 16.5. The number of carbonyl (C=O) groups is 1. The molecule has 0 N–H and O–H groups in total. The minimum atomic E-state index is -0.344. The lowest BCUT2D eigenvalue weighted by Crippen LogP contribution is -2.07. The summed E-state index contributed by atoms with van der Waals surface area (Å²) in [6.45, 7) is 2.10. The fourth-order valence-electron chi connectivity index (χ4n) is 2.38. The lowest BCUT2D eigenvalue weighted by atomic mass is 10.3. The number of carbonyl (C=O) groups excluding carboxylic acids is 1. The van der Waals surface area contributed by atoms with Crippen LogP contribution in [0.25, 0.3) is 5.65 Å². The average Bonchev–Trinajstić information content (AvgIpc) is 2.97. The molecule has 0 aliphatic heterocycles. The number of rotatable bonds is 6. The molecule has 0 aliphatic rings. The summed E-state index contributed by atoms with van der Waals surface area (Å²) < 4.78 is 12.0. The van der Waals surface area contributed by atoms with Gasteiger partial charge in [0.1, 0.15) is 11.4 Å². The molecule has 0 fully saturated rings. The number of methoxy groups -OCH3 is 1. The molecule has 3 aromatic rings. The van der Waals surface area contributed by atoms with Crippen molar-refractivity contribution in [3.05, 3.63) is 54.4 Å². The van der Waals surface area contributed by atoms with Gasteiger partial charge in [0.15, 0.2) is 5.82 Å². The van der Waals surface area contributed by atoms with Crippen LogP contribution < -0.4 is 4.74 Å². The van der Waals surface area contributed by atoms with E-state index in [2.05, 4.69) is 15.2 Å². The van der Waals surface area contributed by atoms with E-state index < -0.39 is 0 Å². The largest absolute Gasteiger partial charge is 0.497 e. The molecule has 0 aliphatic carbocycles. The second-order valence-corrected chi connectivity index (χ2v) is 5.19. The highest BCUT2D eigenvalue weighted by Crippen LogP contribution is 2.26. The predicted molar refractivity (Wildman–Crippen MR) is 92.7 cm³/mol. The molecule has 0 saturated heterocycles. The van der Waals surface area contributed by atoms with Gasteiger partial charge in [-0.2, -0.15) is 0 Å². The first-order chi connectivity index (χ1) is 12.2. The number of esters is 1. The molecule has 0 saturated carbocycles. The van der Waals surface area contributed by atoms with Gasteiger partial charge in [0.05, 0.1) is 31.5 Å². The minimum absolute atomic E-state index is 0.0436. The van der Waals surface area contributed by atoms with Crippen LogP contribution in [0.5, 0.6) is 5.75 Å². The number of hydrogen-bond donors (Lipinski definition) is 0. The van der Waals surface area contributed by atoms with Gasteiger partial charge in [-0.3, -0.25) is 9.20 Å².